The van der Waals surface area contributed by atoms with Crippen molar-refractivity contribution < 1.29 is 14.6 Å². The second-order valence-electron chi connectivity index (χ2n) is 4.57. The van der Waals surface area contributed by atoms with Crippen molar-refractivity contribution in [2.24, 2.45) is 7.05 Å². The Balaban J connectivity index is 1.54. The summed E-state index contributed by atoms with van der Waals surface area (Å²) in [5.41, 5.74) is 0. The van der Waals surface area contributed by atoms with Gasteiger partial charge in [-0.15, -0.1) is 10.2 Å². The van der Waals surface area contributed by atoms with Crippen molar-refractivity contribution in [3.05, 3.63) is 35.6 Å². The third-order valence-corrected chi connectivity index (χ3v) is 4.13. The van der Waals surface area contributed by atoms with Gasteiger partial charge in [0.1, 0.15) is 18.7 Å². The molecule has 1 atom stereocenters. The first-order valence-corrected chi connectivity index (χ1v) is 8.12. The van der Waals surface area contributed by atoms with Gasteiger partial charge in [-0.25, -0.2) is 0 Å². The van der Waals surface area contributed by atoms with Crippen molar-refractivity contribution in [3.8, 4) is 5.75 Å². The van der Waals surface area contributed by atoms with E-state index < -0.39 is 6.10 Å². The van der Waals surface area contributed by atoms with Gasteiger partial charge in [0.25, 0.3) is 0 Å². The molecule has 2 rings (SSSR count). The zero-order chi connectivity index (χ0) is 15.8. The Kier molecular flexibility index (Phi) is 6.98. The van der Waals surface area contributed by atoms with E-state index >= 15 is 0 Å². The van der Waals surface area contributed by atoms with Crippen molar-refractivity contribution in [2.75, 3.05) is 25.6 Å². The Morgan fingerprint density at radius 3 is 2.77 bits per heavy atom. The van der Waals surface area contributed by atoms with Gasteiger partial charge in [-0.3, -0.25) is 0 Å². The Labute approximate surface area is 138 Å². The van der Waals surface area contributed by atoms with Crippen molar-refractivity contribution in [3.63, 3.8) is 0 Å². The maximum atomic E-state index is 9.83. The molecule has 0 saturated heterocycles. The number of aromatic nitrogens is 3. The van der Waals surface area contributed by atoms with Gasteiger partial charge < -0.3 is 19.1 Å². The number of aliphatic hydroxyl groups excluding tert-OH is 1. The minimum Gasteiger partial charge on any atom is -0.491 e. The number of ether oxygens (including phenoxy) is 2. The molecule has 22 heavy (non-hydrogen) atoms. The Bertz CT molecular complexity index is 565. The molecule has 8 heteroatoms. The highest BCUT2D eigenvalue weighted by Gasteiger charge is 2.08. The lowest BCUT2D eigenvalue weighted by Crippen LogP contribution is -2.20. The van der Waals surface area contributed by atoms with E-state index in [-0.39, 0.29) is 6.61 Å². The van der Waals surface area contributed by atoms with Crippen LogP contribution in [0.3, 0.4) is 0 Å². The lowest BCUT2D eigenvalue weighted by atomic mass is 10.3. The van der Waals surface area contributed by atoms with Gasteiger partial charge in [0.15, 0.2) is 5.16 Å². The normalized spacial score (nSPS) is 12.3. The average Bonchev–Trinajstić information content (AvgIpc) is 2.92. The topological polar surface area (TPSA) is 69.4 Å². The number of nitrogens with zero attached hydrogens (tertiary/aromatic N) is 3. The van der Waals surface area contributed by atoms with E-state index in [9.17, 15) is 5.11 Å². The van der Waals surface area contributed by atoms with E-state index in [4.69, 9.17) is 21.1 Å². The standard InChI is InChI=1S/C14H18ClN3O3S/c1-18-10-16-17-14(18)22-9-12(19)8-20-6-7-21-13-4-2-11(15)3-5-13/h2-5,10,12,19H,6-9H2,1H3/t12-/m1/s1. The van der Waals surface area contributed by atoms with Crippen molar-refractivity contribution >= 4 is 23.4 Å². The summed E-state index contributed by atoms with van der Waals surface area (Å²) in [6.45, 7) is 1.09. The van der Waals surface area contributed by atoms with Crippen molar-refractivity contribution in [1.29, 1.82) is 0 Å². The van der Waals surface area contributed by atoms with Crippen molar-refractivity contribution in [2.45, 2.75) is 11.3 Å². The fourth-order valence-corrected chi connectivity index (χ4v) is 2.51. The molecule has 1 heterocycles. The SMILES string of the molecule is Cn1cnnc1SC[C@H](O)COCCOc1ccc(Cl)cc1. The van der Waals surface area contributed by atoms with Crippen LogP contribution in [0.5, 0.6) is 5.75 Å². The number of halogens is 1. The van der Waals surface area contributed by atoms with Gasteiger partial charge >= 0.3 is 0 Å². The zero-order valence-corrected chi connectivity index (χ0v) is 13.8. The molecule has 0 bridgehead atoms. The van der Waals surface area contributed by atoms with Gasteiger partial charge in [-0.2, -0.15) is 0 Å². The van der Waals surface area contributed by atoms with E-state index in [0.29, 0.717) is 24.0 Å². The minimum absolute atomic E-state index is 0.259. The van der Waals surface area contributed by atoms with Crippen LogP contribution in [-0.2, 0) is 11.8 Å². The lowest BCUT2D eigenvalue weighted by Gasteiger charge is -2.11. The molecule has 1 aromatic carbocycles. The molecule has 0 aliphatic heterocycles. The summed E-state index contributed by atoms with van der Waals surface area (Å²) in [6.07, 6.45) is 1.07. The maximum Gasteiger partial charge on any atom is 0.190 e. The van der Waals surface area contributed by atoms with Gasteiger partial charge in [0.2, 0.25) is 0 Å². The Morgan fingerprint density at radius 2 is 2.09 bits per heavy atom. The molecule has 0 unspecified atom stereocenters. The van der Waals surface area contributed by atoms with Crippen LogP contribution in [0.2, 0.25) is 5.02 Å². The van der Waals surface area contributed by atoms with Crippen LogP contribution >= 0.6 is 23.4 Å². The number of aliphatic hydroxyl groups is 1. The summed E-state index contributed by atoms with van der Waals surface area (Å²) in [5.74, 6) is 1.25. The van der Waals surface area contributed by atoms with Crippen LogP contribution in [0.4, 0.5) is 0 Å². The smallest absolute Gasteiger partial charge is 0.190 e. The first-order valence-electron chi connectivity index (χ1n) is 6.76. The fourth-order valence-electron chi connectivity index (χ4n) is 1.59. The third kappa shape index (κ3) is 5.84. The third-order valence-electron chi connectivity index (χ3n) is 2.69. The summed E-state index contributed by atoms with van der Waals surface area (Å²) >= 11 is 7.23. The summed E-state index contributed by atoms with van der Waals surface area (Å²) in [5, 5.41) is 19.0. The van der Waals surface area contributed by atoms with Crippen LogP contribution in [0.25, 0.3) is 0 Å². The molecular formula is C14H18ClN3O3S. The van der Waals surface area contributed by atoms with Crippen LogP contribution in [0.15, 0.2) is 35.7 Å². The van der Waals surface area contributed by atoms with E-state index in [1.807, 2.05) is 7.05 Å². The Hall–Kier alpha value is -1.28. The predicted octanol–water partition coefficient (Wildman–Crippen LogP) is 2.02. The fraction of sp³-hybridized carbons (Fsp3) is 0.429. The van der Waals surface area contributed by atoms with Crippen LogP contribution < -0.4 is 4.74 Å². The number of thioether (sulfide) groups is 1. The molecule has 0 spiro atoms. The molecule has 1 N–H and O–H groups in total. The van der Waals surface area contributed by atoms with Crippen molar-refractivity contribution in [1.82, 2.24) is 14.8 Å². The van der Waals surface area contributed by atoms with Crippen LogP contribution in [-0.4, -0.2) is 51.5 Å². The summed E-state index contributed by atoms with van der Waals surface area (Å²) < 4.78 is 12.7. The molecule has 0 amide bonds. The molecule has 0 fully saturated rings. The van der Waals surface area contributed by atoms with Crippen LogP contribution in [0, 0.1) is 0 Å². The van der Waals surface area contributed by atoms with E-state index in [2.05, 4.69) is 10.2 Å². The molecule has 2 aromatic rings. The lowest BCUT2D eigenvalue weighted by molar-refractivity contribution is 0.0348. The van der Waals surface area contributed by atoms with E-state index in [1.54, 1.807) is 35.2 Å². The quantitative estimate of drug-likeness (QED) is 0.555. The Morgan fingerprint density at radius 1 is 1.32 bits per heavy atom. The van der Waals surface area contributed by atoms with Gasteiger partial charge in [-0.1, -0.05) is 23.4 Å². The monoisotopic (exact) mass is 343 g/mol. The first kappa shape index (κ1) is 17.1. The highest BCUT2D eigenvalue weighted by Crippen LogP contribution is 2.16. The number of hydrogen-bond acceptors (Lipinski definition) is 6. The van der Waals surface area contributed by atoms with Gasteiger partial charge in [-0.05, 0) is 24.3 Å². The molecule has 0 aliphatic carbocycles. The molecule has 120 valence electrons. The predicted molar refractivity (Wildman–Crippen MR) is 85.5 cm³/mol. The van der Waals surface area contributed by atoms with E-state index in [1.165, 1.54) is 11.8 Å². The highest BCUT2D eigenvalue weighted by molar-refractivity contribution is 7.99. The second kappa shape index (κ2) is 8.99. The average molecular weight is 344 g/mol. The molecule has 6 nitrogen and oxygen atoms in total. The van der Waals surface area contributed by atoms with Gasteiger partial charge in [0.05, 0.1) is 19.3 Å². The van der Waals surface area contributed by atoms with E-state index in [0.717, 1.165) is 10.9 Å². The van der Waals surface area contributed by atoms with Crippen LogP contribution in [0.1, 0.15) is 0 Å². The molecule has 0 aliphatic rings. The molecule has 0 saturated carbocycles. The molecule has 0 radical (unpaired) electrons. The summed E-state index contributed by atoms with van der Waals surface area (Å²) in [7, 11) is 1.86. The number of hydrogen-bond donors (Lipinski definition) is 1. The largest absolute Gasteiger partial charge is 0.491 e. The minimum atomic E-state index is -0.558. The van der Waals surface area contributed by atoms with Gasteiger partial charge in [0, 0.05) is 17.8 Å². The summed E-state index contributed by atoms with van der Waals surface area (Å²) in [4.78, 5) is 0. The second-order valence-corrected chi connectivity index (χ2v) is 5.99. The summed E-state index contributed by atoms with van der Waals surface area (Å²) in [6, 6.07) is 7.14. The number of rotatable bonds is 9. The highest BCUT2D eigenvalue weighted by atomic mass is 35.5. The zero-order valence-electron chi connectivity index (χ0n) is 12.2. The maximum absolute atomic E-state index is 9.83. The first-order chi connectivity index (χ1) is 10.6. The molecular weight excluding hydrogens is 326 g/mol. The molecule has 1 aromatic heterocycles. The number of benzene rings is 1. The number of aryl methyl sites for hydroxylation is 1.